The van der Waals surface area contributed by atoms with Gasteiger partial charge in [0, 0.05) is 128 Å². The number of phenols is 1. The molecule has 1 saturated carbocycles. The third-order valence-corrected chi connectivity index (χ3v) is 25.8. The van der Waals surface area contributed by atoms with Gasteiger partial charge in [-0.2, -0.15) is 0 Å². The van der Waals surface area contributed by atoms with Crippen LogP contribution < -0.4 is 0 Å². The highest BCUT2D eigenvalue weighted by Crippen LogP contribution is 2.48. The Balaban J connectivity index is 0.000000408. The number of aromatic hydroxyl groups is 1. The third kappa shape index (κ3) is 69.8. The molecule has 14 aromatic carbocycles. The minimum Gasteiger partial charge on any atom is -0.748 e. The molecule has 23 nitrogen and oxygen atoms in total. The first-order chi connectivity index (χ1) is 66.3. The van der Waals surface area contributed by atoms with Crippen LogP contribution in [0.4, 0.5) is 0 Å². The van der Waals surface area contributed by atoms with Gasteiger partial charge in [0.2, 0.25) is 0 Å². The van der Waals surface area contributed by atoms with E-state index < -0.39 is 70.8 Å². The van der Waals surface area contributed by atoms with Crippen molar-refractivity contribution in [2.75, 3.05) is 50.4 Å². The molecule has 0 aliphatic heterocycles. The third-order valence-electron chi connectivity index (χ3n) is 17.3. The number of aliphatic hydroxyl groups excluding tert-OH is 1. The summed E-state index contributed by atoms with van der Waals surface area (Å²) in [4.78, 5) is 16.7. The Labute approximate surface area is 873 Å². The topological polar surface area (TPSA) is 441 Å². The fourth-order valence-corrected chi connectivity index (χ4v) is 18.9. The summed E-state index contributed by atoms with van der Waals surface area (Å²) in [6.07, 6.45) is 12.0. The molecule has 0 bridgehead atoms. The second kappa shape index (κ2) is 66.1. The molecule has 1 aliphatic rings. The van der Waals surface area contributed by atoms with Gasteiger partial charge in [-0.15, -0.1) is 0 Å². The lowest BCUT2D eigenvalue weighted by Gasteiger charge is -2.21. The van der Waals surface area contributed by atoms with Crippen LogP contribution in [0.5, 0.6) is 5.75 Å². The standard InChI is InChI=1S/C20H17OS.C18H14S2.C18H20S.C13H12S.C12H10OS.C10H14S.C6H6S.7CH4O3S/c21-14-13-15-9-11-16(12-10-15)22-19-7-3-1-5-17(19)18-6-2-4-8-20(18)22;1-3-7-15(8-4-1)19-17-11-13-18(14-12-17)20-16-9-5-2-6-10-16;1-3-7-15(8-4-1)16-11-13-18(14-12-16)19-17-9-5-2-6-10-17;1-11-7-9-13(10-8-11)14-12-5-3-2-4-6-12;13-10-6-8-12(9-7-10)14-11-4-2-1-3-5-11;1-10(2,3)8-4-6-9(11)7-5-8;7-6-4-2-1-3-5-6;7*1-5(2,3)4/h1-12,21H,13-14H2;1-14H;2,5-6,9-15H,1,3-4,7-8H2;2-10H,1H3;1-9,13H;4-7,11H,1-3H3;1-5,7H;7*1H3,(H,2,3,4)/q+1;;;;;;;;;;;;;/p-1. The van der Waals surface area contributed by atoms with E-state index in [1.165, 1.54) is 170 Å². The number of hydrogen-bond acceptors (Lipinski definition) is 24. The van der Waals surface area contributed by atoms with Gasteiger partial charge in [0.1, 0.15) is 15.5 Å². The molecule has 0 spiro atoms. The summed E-state index contributed by atoms with van der Waals surface area (Å²) in [6.45, 7) is 8.97. The van der Waals surface area contributed by atoms with Crippen LogP contribution in [-0.2, 0) is 155 Å². The molecule has 0 saturated heterocycles. The summed E-state index contributed by atoms with van der Waals surface area (Å²) in [7, 11) is -27.4. The molecule has 764 valence electrons. The van der Waals surface area contributed by atoms with Crippen LogP contribution in [0.3, 0.4) is 0 Å². The largest absolute Gasteiger partial charge is 0.748 e. The molecule has 0 amide bonds. The molecule has 0 atom stereocenters. The fraction of sp³-hybridized carbons (Fsp3) is 0.192. The number of thiophene rings is 1. The van der Waals surface area contributed by atoms with Gasteiger partial charge < -0.3 is 42.1 Å². The van der Waals surface area contributed by atoms with Crippen molar-refractivity contribution in [1.29, 1.82) is 0 Å². The molecule has 0 radical (unpaired) electrons. The molecular weight excluding hydrogens is 2100 g/mol. The van der Waals surface area contributed by atoms with Crippen molar-refractivity contribution < 1.29 is 101 Å². The predicted octanol–water partition coefficient (Wildman–Crippen LogP) is 18.7. The maximum absolute atomic E-state index is 9.12. The van der Waals surface area contributed by atoms with Gasteiger partial charge in [-0.3, -0.25) is 0 Å². The molecule has 38 heteroatoms. The number of hydrogen-bond donors (Lipinski definition) is 2. The number of benzene rings is 14. The highest BCUT2D eigenvalue weighted by molar-refractivity contribution is 7.99. The molecular formula is C104H120O23S15. The molecule has 2 N–H and O–H groups in total. The van der Waals surface area contributed by atoms with Crippen LogP contribution in [0, 0.1) is 6.92 Å². The lowest BCUT2D eigenvalue weighted by atomic mass is 9.84. The van der Waals surface area contributed by atoms with Crippen LogP contribution in [0.1, 0.15) is 81.0 Å². The van der Waals surface area contributed by atoms with E-state index in [0.29, 0.717) is 49.5 Å². The zero-order chi connectivity index (χ0) is 106. The van der Waals surface area contributed by atoms with Gasteiger partial charge in [0.05, 0.1) is 70.8 Å². The van der Waals surface area contributed by atoms with E-state index in [2.05, 4.69) is 344 Å². The zero-order valence-corrected chi connectivity index (χ0v) is 92.7. The average Bonchev–Trinajstić information content (AvgIpc) is 1.60. The quantitative estimate of drug-likeness (QED) is 0.0580. The monoisotopic (exact) mass is 2220 g/mol. The first-order valence-electron chi connectivity index (χ1n) is 42.7. The molecule has 1 aromatic heterocycles. The van der Waals surface area contributed by atoms with Crippen LogP contribution in [0.2, 0.25) is 0 Å². The Morgan fingerprint density at radius 3 is 0.887 bits per heavy atom. The zero-order valence-electron chi connectivity index (χ0n) is 79.8. The number of phenolic OH excluding ortho intramolecular Hbond substituents is 1. The molecule has 0 unspecified atom stereocenters. The van der Waals surface area contributed by atoms with Gasteiger partial charge >= 0.3 is 0 Å². The second-order valence-electron chi connectivity index (χ2n) is 31.5. The lowest BCUT2D eigenvalue weighted by Crippen LogP contribution is -2.10. The number of rotatable bonds is 14. The van der Waals surface area contributed by atoms with E-state index in [4.69, 9.17) is 101 Å². The van der Waals surface area contributed by atoms with Crippen molar-refractivity contribution in [1.82, 2.24) is 0 Å². The summed E-state index contributed by atoms with van der Waals surface area (Å²) < 4.78 is 193. The van der Waals surface area contributed by atoms with Crippen molar-refractivity contribution in [2.24, 2.45) is 0 Å². The van der Waals surface area contributed by atoms with Gasteiger partial charge in [-0.1, -0.05) is 239 Å². The second-order valence-corrected chi connectivity index (χ2v) is 50.7. The van der Waals surface area contributed by atoms with E-state index in [1.54, 1.807) is 29.5 Å². The van der Waals surface area contributed by atoms with Gasteiger partial charge in [-0.25, -0.2) is 58.9 Å². The van der Waals surface area contributed by atoms with Gasteiger partial charge in [-0.05, 0) is 274 Å². The van der Waals surface area contributed by atoms with Crippen LogP contribution in [0.25, 0.3) is 25.1 Å². The maximum atomic E-state index is 9.12. The fourth-order valence-electron chi connectivity index (χ4n) is 11.7. The Hall–Kier alpha value is -9.12. The number of aliphatic hydroxyl groups is 1. The van der Waals surface area contributed by atoms with E-state index in [9.17, 15) is 0 Å². The van der Waals surface area contributed by atoms with Crippen molar-refractivity contribution in [3.05, 3.63) is 398 Å². The summed E-state index contributed by atoms with van der Waals surface area (Å²) in [5.74, 6) is 1.13. The van der Waals surface area contributed by atoms with Crippen molar-refractivity contribution >= 4 is 186 Å². The van der Waals surface area contributed by atoms with E-state index in [1.807, 2.05) is 72.8 Å². The molecule has 1 fully saturated rings. The van der Waals surface area contributed by atoms with E-state index >= 15 is 0 Å². The van der Waals surface area contributed by atoms with Crippen molar-refractivity contribution in [3.63, 3.8) is 0 Å². The minimum absolute atomic E-state index is 0.0153. The first-order valence-corrected chi connectivity index (χ1v) is 62.0. The maximum Gasteiger partial charge on any atom is 0.187 e. The molecule has 1 heterocycles. The Morgan fingerprint density at radius 1 is 0.324 bits per heavy atom. The Bertz CT molecular complexity index is 6410. The first kappa shape index (κ1) is 127. The number of fused-ring (bicyclic) bond motifs is 3. The molecule has 15 aromatic rings. The Kier molecular flexibility index (Phi) is 59.1. The van der Waals surface area contributed by atoms with Crippen LogP contribution in [-0.4, -0.2) is 151 Å². The lowest BCUT2D eigenvalue weighted by molar-refractivity contribution is 0.299. The highest BCUT2D eigenvalue weighted by atomic mass is 32.2. The molecule has 1 aliphatic carbocycles. The summed E-state index contributed by atoms with van der Waals surface area (Å²) in [5, 5.41) is 20.9. The smallest absolute Gasteiger partial charge is 0.187 e. The van der Waals surface area contributed by atoms with Crippen LogP contribution >= 0.6 is 22.2 Å². The minimum atomic E-state index is -3.92. The Morgan fingerprint density at radius 2 is 0.585 bits per heavy atom. The SMILES string of the molecule is CC(C)(C)c1ccc([SH2+])cc1.CS(=O)(=O)[O-].CS(=O)(=O)[O-].CS(=O)(=O)[O-].CS(=O)(=O)[O-].CS(=O)(=O)[O-].CS(=O)(=O)[O-].CS(=O)(=O)[O-].Cc1ccc([SH+]c2ccccc2)cc1.OCCc1ccc(-[s+]2c3ccccc3c3ccccc32)cc1.Oc1ccc([SH+]c2ccccc2)cc1.[SH2+]c1ccccc1.c1ccc(Sc2ccc([SH+]c3ccccc3)cc2)cc1.c1ccc([SH+]c2ccc(C3CCCCC3)cc2)cc1. The summed E-state index contributed by atoms with van der Waals surface area (Å²) in [6, 6.07) is 131. The normalized spacial score (nSPS) is 11.6. The summed E-state index contributed by atoms with van der Waals surface area (Å²) >= 11 is 13.6. The van der Waals surface area contributed by atoms with Crippen LogP contribution in [0.15, 0.2) is 435 Å². The number of thiol groups is 4. The molecule has 16 rings (SSSR count). The number of aryl methyl sites for hydroxylation is 1. The van der Waals surface area contributed by atoms with Gasteiger partial charge in [0.25, 0.3) is 0 Å². The van der Waals surface area contributed by atoms with Crippen molar-refractivity contribution in [3.8, 4) is 10.6 Å². The summed E-state index contributed by atoms with van der Waals surface area (Å²) in [5.41, 5.74) is 5.69. The van der Waals surface area contributed by atoms with E-state index in [0.717, 1.165) is 22.1 Å². The molecule has 142 heavy (non-hydrogen) atoms. The van der Waals surface area contributed by atoms with Crippen molar-refractivity contribution in [2.45, 2.75) is 136 Å². The predicted molar refractivity (Wildman–Crippen MR) is 589 cm³/mol. The highest BCUT2D eigenvalue weighted by Gasteiger charge is 2.24. The average molecular weight is 2220 g/mol. The van der Waals surface area contributed by atoms with E-state index in [-0.39, 0.29) is 22.5 Å². The van der Waals surface area contributed by atoms with Gasteiger partial charge in [0.15, 0.2) is 53.5 Å².